The molecule has 18 heavy (non-hydrogen) atoms. The molecule has 0 aliphatic heterocycles. The topological polar surface area (TPSA) is 88.2 Å². The maximum atomic E-state index is 10.5. The molecule has 0 amide bonds. The van der Waals surface area contributed by atoms with E-state index in [4.69, 9.17) is 9.52 Å². The molecule has 1 aromatic heterocycles. The third-order valence-corrected chi connectivity index (χ3v) is 2.84. The number of hydrogen-bond donors (Lipinski definition) is 2. The zero-order valence-corrected chi connectivity index (χ0v) is 11.2. The Morgan fingerprint density at radius 2 is 2.11 bits per heavy atom. The summed E-state index contributed by atoms with van der Waals surface area (Å²) < 4.78 is 5.23. The third-order valence-electron chi connectivity index (χ3n) is 2.84. The second-order valence-corrected chi connectivity index (χ2v) is 5.20. The summed E-state index contributed by atoms with van der Waals surface area (Å²) >= 11 is 0. The van der Waals surface area contributed by atoms with Crippen LogP contribution in [0, 0.1) is 12.3 Å². The number of hydrogen-bond acceptors (Lipinski definition) is 5. The lowest BCUT2D eigenvalue weighted by molar-refractivity contribution is -0.137. The SMILES string of the molecule is Cc1nnc(CNCCC(C)(C)CCC(=O)O)o1. The van der Waals surface area contributed by atoms with E-state index in [9.17, 15) is 4.79 Å². The Morgan fingerprint density at radius 1 is 1.39 bits per heavy atom. The molecule has 0 unspecified atom stereocenters. The van der Waals surface area contributed by atoms with Crippen molar-refractivity contribution >= 4 is 5.97 Å². The molecular weight excluding hydrogens is 234 g/mol. The summed E-state index contributed by atoms with van der Waals surface area (Å²) in [6.45, 7) is 7.26. The highest BCUT2D eigenvalue weighted by atomic mass is 16.4. The summed E-state index contributed by atoms with van der Waals surface area (Å²) in [5, 5.41) is 19.5. The van der Waals surface area contributed by atoms with E-state index >= 15 is 0 Å². The summed E-state index contributed by atoms with van der Waals surface area (Å²) in [4.78, 5) is 10.5. The molecular formula is C12H21N3O3. The summed E-state index contributed by atoms with van der Waals surface area (Å²) in [7, 11) is 0. The molecule has 0 bridgehead atoms. The van der Waals surface area contributed by atoms with Gasteiger partial charge in [0.05, 0.1) is 6.54 Å². The van der Waals surface area contributed by atoms with Gasteiger partial charge in [-0.15, -0.1) is 10.2 Å². The van der Waals surface area contributed by atoms with Crippen LogP contribution in [0.15, 0.2) is 4.42 Å². The molecule has 0 spiro atoms. The fraction of sp³-hybridized carbons (Fsp3) is 0.750. The van der Waals surface area contributed by atoms with Gasteiger partial charge in [-0.25, -0.2) is 0 Å². The van der Waals surface area contributed by atoms with Gasteiger partial charge in [-0.05, 0) is 24.8 Å². The molecule has 0 aromatic carbocycles. The zero-order chi connectivity index (χ0) is 13.6. The smallest absolute Gasteiger partial charge is 0.303 e. The predicted octanol–water partition coefficient (Wildman–Crippen LogP) is 1.75. The maximum Gasteiger partial charge on any atom is 0.303 e. The first-order valence-corrected chi connectivity index (χ1v) is 6.10. The molecule has 0 aliphatic rings. The van der Waals surface area contributed by atoms with Gasteiger partial charge in [-0.3, -0.25) is 4.79 Å². The third kappa shape index (κ3) is 5.77. The quantitative estimate of drug-likeness (QED) is 0.688. The first-order valence-electron chi connectivity index (χ1n) is 6.10. The zero-order valence-electron chi connectivity index (χ0n) is 11.2. The first kappa shape index (κ1) is 14.6. The fourth-order valence-electron chi connectivity index (χ4n) is 1.60. The summed E-state index contributed by atoms with van der Waals surface area (Å²) in [5.41, 5.74) is 0.0240. The lowest BCUT2D eigenvalue weighted by Gasteiger charge is -2.23. The minimum absolute atomic E-state index is 0.0240. The van der Waals surface area contributed by atoms with Crippen LogP contribution in [0.5, 0.6) is 0 Å². The number of aliphatic carboxylic acids is 1. The molecule has 0 atom stereocenters. The van der Waals surface area contributed by atoms with Gasteiger partial charge in [0.15, 0.2) is 0 Å². The number of carbonyl (C=O) groups is 1. The summed E-state index contributed by atoms with van der Waals surface area (Å²) in [6.07, 6.45) is 1.81. The van der Waals surface area contributed by atoms with E-state index in [1.807, 2.05) is 0 Å². The number of carboxylic acid groups (broad SMARTS) is 1. The molecule has 0 radical (unpaired) electrons. The monoisotopic (exact) mass is 255 g/mol. The molecule has 0 aliphatic carbocycles. The predicted molar refractivity (Wildman–Crippen MR) is 66.0 cm³/mol. The molecule has 0 saturated carbocycles. The van der Waals surface area contributed by atoms with Crippen LogP contribution in [0.2, 0.25) is 0 Å². The van der Waals surface area contributed by atoms with Gasteiger partial charge in [-0.1, -0.05) is 13.8 Å². The van der Waals surface area contributed by atoms with E-state index in [0.717, 1.165) is 13.0 Å². The molecule has 0 fully saturated rings. The van der Waals surface area contributed by atoms with Gasteiger partial charge in [-0.2, -0.15) is 0 Å². The second kappa shape index (κ2) is 6.49. The molecule has 1 aromatic rings. The Kier molecular flexibility index (Phi) is 5.27. The Bertz CT molecular complexity index is 388. The van der Waals surface area contributed by atoms with Gasteiger partial charge >= 0.3 is 5.97 Å². The van der Waals surface area contributed by atoms with E-state index < -0.39 is 5.97 Å². The highest BCUT2D eigenvalue weighted by molar-refractivity contribution is 5.66. The van der Waals surface area contributed by atoms with Crippen LogP contribution < -0.4 is 5.32 Å². The van der Waals surface area contributed by atoms with Crippen molar-refractivity contribution in [2.24, 2.45) is 5.41 Å². The minimum Gasteiger partial charge on any atom is -0.481 e. The van der Waals surface area contributed by atoms with Crippen LogP contribution in [0.4, 0.5) is 0 Å². The summed E-state index contributed by atoms with van der Waals surface area (Å²) in [5.74, 6) is 0.404. The van der Waals surface area contributed by atoms with E-state index in [1.54, 1.807) is 6.92 Å². The number of nitrogens with zero attached hydrogens (tertiary/aromatic N) is 2. The lowest BCUT2D eigenvalue weighted by Crippen LogP contribution is -2.23. The van der Waals surface area contributed by atoms with Gasteiger partial charge < -0.3 is 14.8 Å². The van der Waals surface area contributed by atoms with E-state index in [2.05, 4.69) is 29.4 Å². The van der Waals surface area contributed by atoms with Crippen LogP contribution in [-0.4, -0.2) is 27.8 Å². The Labute approximate surface area is 107 Å². The average molecular weight is 255 g/mol. The molecule has 0 saturated heterocycles. The minimum atomic E-state index is -0.739. The van der Waals surface area contributed by atoms with E-state index in [-0.39, 0.29) is 11.8 Å². The van der Waals surface area contributed by atoms with Crippen molar-refractivity contribution in [2.75, 3.05) is 6.54 Å². The standard InChI is InChI=1S/C12H21N3O3/c1-9-14-15-10(18-9)8-13-7-6-12(2,3)5-4-11(16)17/h13H,4-8H2,1-3H3,(H,16,17). The highest BCUT2D eigenvalue weighted by Crippen LogP contribution is 2.25. The van der Waals surface area contributed by atoms with Crippen LogP contribution in [0.1, 0.15) is 44.9 Å². The lowest BCUT2D eigenvalue weighted by atomic mass is 9.84. The Hall–Kier alpha value is -1.43. The van der Waals surface area contributed by atoms with E-state index in [0.29, 0.717) is 24.7 Å². The van der Waals surface area contributed by atoms with Gasteiger partial charge in [0.2, 0.25) is 11.8 Å². The second-order valence-electron chi connectivity index (χ2n) is 5.20. The van der Waals surface area contributed by atoms with Crippen molar-refractivity contribution in [3.63, 3.8) is 0 Å². The van der Waals surface area contributed by atoms with Crippen LogP contribution in [0.3, 0.4) is 0 Å². The largest absolute Gasteiger partial charge is 0.481 e. The van der Waals surface area contributed by atoms with Crippen LogP contribution >= 0.6 is 0 Å². The molecule has 1 rings (SSSR count). The van der Waals surface area contributed by atoms with Crippen LogP contribution in [0.25, 0.3) is 0 Å². The highest BCUT2D eigenvalue weighted by Gasteiger charge is 2.18. The molecule has 102 valence electrons. The van der Waals surface area contributed by atoms with Crippen molar-refractivity contribution in [3.05, 3.63) is 11.8 Å². The van der Waals surface area contributed by atoms with Crippen molar-refractivity contribution < 1.29 is 14.3 Å². The van der Waals surface area contributed by atoms with Gasteiger partial charge in [0.25, 0.3) is 0 Å². The Morgan fingerprint density at radius 3 is 2.67 bits per heavy atom. The number of nitrogens with one attached hydrogen (secondary N) is 1. The van der Waals surface area contributed by atoms with Crippen molar-refractivity contribution in [1.29, 1.82) is 0 Å². The van der Waals surface area contributed by atoms with Crippen molar-refractivity contribution in [3.8, 4) is 0 Å². The maximum absolute atomic E-state index is 10.5. The van der Waals surface area contributed by atoms with Crippen molar-refractivity contribution in [2.45, 2.75) is 46.6 Å². The fourth-order valence-corrected chi connectivity index (χ4v) is 1.60. The molecule has 6 nitrogen and oxygen atoms in total. The van der Waals surface area contributed by atoms with E-state index in [1.165, 1.54) is 0 Å². The molecule has 1 heterocycles. The number of aryl methyl sites for hydroxylation is 1. The molecule has 6 heteroatoms. The van der Waals surface area contributed by atoms with Gasteiger partial charge in [0, 0.05) is 13.3 Å². The number of rotatable bonds is 8. The van der Waals surface area contributed by atoms with Gasteiger partial charge in [0.1, 0.15) is 0 Å². The molecule has 2 N–H and O–H groups in total. The Balaban J connectivity index is 2.18. The van der Waals surface area contributed by atoms with Crippen LogP contribution in [-0.2, 0) is 11.3 Å². The van der Waals surface area contributed by atoms with Crippen molar-refractivity contribution in [1.82, 2.24) is 15.5 Å². The number of carboxylic acids is 1. The summed E-state index contributed by atoms with van der Waals surface area (Å²) in [6, 6.07) is 0. The first-order chi connectivity index (χ1) is 8.39. The number of aromatic nitrogens is 2. The normalized spacial score (nSPS) is 11.7. The average Bonchev–Trinajstić information content (AvgIpc) is 2.68.